The topological polar surface area (TPSA) is 46.3 Å². The number of carbonyl (C=O) groups is 1. The van der Waals surface area contributed by atoms with Gasteiger partial charge in [-0.3, -0.25) is 4.79 Å². The van der Waals surface area contributed by atoms with Crippen LogP contribution in [-0.2, 0) is 11.3 Å². The molecule has 2 aliphatic heterocycles. The fourth-order valence-corrected chi connectivity index (χ4v) is 4.65. The van der Waals surface area contributed by atoms with Crippen LogP contribution in [0, 0.1) is 0 Å². The Kier molecular flexibility index (Phi) is 6.87. The molecule has 0 aromatic heterocycles. The van der Waals surface area contributed by atoms with Crippen LogP contribution in [0.4, 0.5) is 0 Å². The summed E-state index contributed by atoms with van der Waals surface area (Å²) in [6, 6.07) is 18.5. The lowest BCUT2D eigenvalue weighted by atomic mass is 10.2. The first kappa shape index (κ1) is 20.7. The van der Waals surface area contributed by atoms with Gasteiger partial charge in [0.15, 0.2) is 5.17 Å². The number of para-hydroxylation sites is 1. The fourth-order valence-electron chi connectivity index (χ4n) is 3.69. The second kappa shape index (κ2) is 9.96. The van der Waals surface area contributed by atoms with E-state index in [-0.39, 0.29) is 5.91 Å². The molecule has 0 saturated carbocycles. The van der Waals surface area contributed by atoms with E-state index < -0.39 is 0 Å². The van der Waals surface area contributed by atoms with E-state index in [9.17, 15) is 4.79 Å². The summed E-state index contributed by atoms with van der Waals surface area (Å²) in [4.78, 5) is 21.3. The zero-order chi connectivity index (χ0) is 20.8. The molecular formula is C24H28N3O2S+. The largest absolute Gasteiger partial charge is 0.493 e. The van der Waals surface area contributed by atoms with E-state index in [0.717, 1.165) is 55.6 Å². The molecule has 2 aromatic rings. The molecule has 2 heterocycles. The molecule has 0 aliphatic carbocycles. The lowest BCUT2D eigenvalue weighted by molar-refractivity contribution is -0.917. The third kappa shape index (κ3) is 5.12. The minimum absolute atomic E-state index is 0.153. The van der Waals surface area contributed by atoms with Gasteiger partial charge in [-0.25, -0.2) is 0 Å². The van der Waals surface area contributed by atoms with Gasteiger partial charge in [0, 0.05) is 11.1 Å². The third-order valence-electron chi connectivity index (χ3n) is 5.31. The SMILES string of the molecule is CCCOc1ccccc1/C=C1/SC(N2CC[NH+](Cc3ccccc3)CC2)=NC1=O. The number of piperazine rings is 1. The molecule has 0 spiro atoms. The molecule has 156 valence electrons. The number of ether oxygens (including phenoxy) is 1. The number of quaternary nitrogens is 1. The molecule has 1 N–H and O–H groups in total. The standard InChI is InChI=1S/C24H27N3O2S/c1-2-16-29-21-11-7-6-10-20(21)17-22-23(28)25-24(30-22)27-14-12-26(13-15-27)18-19-8-4-3-5-9-19/h3-11,17H,2,12-16,18H2,1H3/p+1/b22-17+. The summed E-state index contributed by atoms with van der Waals surface area (Å²) in [6.45, 7) is 7.74. The molecule has 1 fully saturated rings. The zero-order valence-electron chi connectivity index (χ0n) is 17.3. The van der Waals surface area contributed by atoms with Crippen LogP contribution in [0.25, 0.3) is 6.08 Å². The molecule has 1 saturated heterocycles. The summed E-state index contributed by atoms with van der Waals surface area (Å²) < 4.78 is 5.82. The first-order valence-corrected chi connectivity index (χ1v) is 11.4. The van der Waals surface area contributed by atoms with Crippen molar-refractivity contribution in [1.29, 1.82) is 0 Å². The van der Waals surface area contributed by atoms with Crippen molar-refractivity contribution in [3.05, 3.63) is 70.6 Å². The number of nitrogens with one attached hydrogen (secondary N) is 1. The summed E-state index contributed by atoms with van der Waals surface area (Å²) >= 11 is 1.48. The monoisotopic (exact) mass is 422 g/mol. The van der Waals surface area contributed by atoms with E-state index in [0.29, 0.717) is 11.5 Å². The average Bonchev–Trinajstić information content (AvgIpc) is 3.14. The Balaban J connectivity index is 1.36. The van der Waals surface area contributed by atoms with E-state index in [1.165, 1.54) is 17.3 Å². The molecule has 2 aliphatic rings. The van der Waals surface area contributed by atoms with Crippen LogP contribution in [0.5, 0.6) is 5.75 Å². The highest BCUT2D eigenvalue weighted by molar-refractivity contribution is 8.18. The normalized spacial score (nSPS) is 18.7. The minimum Gasteiger partial charge on any atom is -0.493 e. The third-order valence-corrected chi connectivity index (χ3v) is 6.36. The average molecular weight is 423 g/mol. The van der Waals surface area contributed by atoms with Gasteiger partial charge in [0.25, 0.3) is 5.91 Å². The Labute approximate surface area is 182 Å². The molecule has 0 bridgehead atoms. The summed E-state index contributed by atoms with van der Waals surface area (Å²) in [5.41, 5.74) is 2.30. The van der Waals surface area contributed by atoms with Gasteiger partial charge in [0.2, 0.25) is 0 Å². The molecule has 5 nitrogen and oxygen atoms in total. The molecular weight excluding hydrogens is 394 g/mol. The van der Waals surface area contributed by atoms with Crippen LogP contribution in [-0.4, -0.2) is 48.8 Å². The summed E-state index contributed by atoms with van der Waals surface area (Å²) in [5, 5.41) is 0.831. The van der Waals surface area contributed by atoms with Crippen molar-refractivity contribution in [2.24, 2.45) is 4.99 Å². The number of rotatable bonds is 6. The molecule has 0 radical (unpaired) electrons. The van der Waals surface area contributed by atoms with Gasteiger partial charge in [0.05, 0.1) is 37.7 Å². The van der Waals surface area contributed by atoms with E-state index in [4.69, 9.17) is 4.74 Å². The Morgan fingerprint density at radius 3 is 2.60 bits per heavy atom. The van der Waals surface area contributed by atoms with E-state index in [1.807, 2.05) is 30.3 Å². The van der Waals surface area contributed by atoms with Crippen LogP contribution in [0.15, 0.2) is 64.5 Å². The first-order valence-electron chi connectivity index (χ1n) is 10.6. The van der Waals surface area contributed by atoms with E-state index >= 15 is 0 Å². The predicted molar refractivity (Wildman–Crippen MR) is 123 cm³/mol. The number of carbonyl (C=O) groups excluding carboxylic acids is 1. The van der Waals surface area contributed by atoms with Crippen LogP contribution in [0.1, 0.15) is 24.5 Å². The van der Waals surface area contributed by atoms with Crippen molar-refractivity contribution in [3.63, 3.8) is 0 Å². The number of benzene rings is 2. The highest BCUT2D eigenvalue weighted by atomic mass is 32.2. The van der Waals surface area contributed by atoms with Gasteiger partial charge in [-0.2, -0.15) is 4.99 Å². The molecule has 1 amide bonds. The number of hydrogen-bond acceptors (Lipinski definition) is 4. The number of amides is 1. The zero-order valence-corrected chi connectivity index (χ0v) is 18.2. The maximum atomic E-state index is 12.5. The first-order chi connectivity index (χ1) is 14.7. The van der Waals surface area contributed by atoms with Crippen molar-refractivity contribution in [2.45, 2.75) is 19.9 Å². The highest BCUT2D eigenvalue weighted by Gasteiger charge is 2.30. The van der Waals surface area contributed by atoms with Gasteiger partial charge in [0.1, 0.15) is 12.3 Å². The summed E-state index contributed by atoms with van der Waals surface area (Å²) in [7, 11) is 0. The highest BCUT2D eigenvalue weighted by Crippen LogP contribution is 2.32. The second-order valence-corrected chi connectivity index (χ2v) is 8.60. The molecule has 0 unspecified atom stereocenters. The van der Waals surface area contributed by atoms with Crippen molar-refractivity contribution in [3.8, 4) is 5.75 Å². The quantitative estimate of drug-likeness (QED) is 0.728. The van der Waals surface area contributed by atoms with Gasteiger partial charge >= 0.3 is 0 Å². The Bertz CT molecular complexity index is 934. The van der Waals surface area contributed by atoms with Gasteiger partial charge in [-0.05, 0) is 30.3 Å². The number of hydrogen-bond donors (Lipinski definition) is 1. The van der Waals surface area contributed by atoms with Gasteiger partial charge < -0.3 is 14.5 Å². The predicted octanol–water partition coefficient (Wildman–Crippen LogP) is 2.85. The Morgan fingerprint density at radius 1 is 1.10 bits per heavy atom. The molecule has 0 atom stereocenters. The number of aliphatic imine (C=N–C) groups is 1. The minimum atomic E-state index is -0.153. The van der Waals surface area contributed by atoms with Crippen molar-refractivity contribution in [1.82, 2.24) is 4.90 Å². The van der Waals surface area contributed by atoms with E-state index in [1.54, 1.807) is 4.90 Å². The Morgan fingerprint density at radius 2 is 1.83 bits per heavy atom. The smallest absolute Gasteiger partial charge is 0.286 e. The van der Waals surface area contributed by atoms with Crippen LogP contribution >= 0.6 is 11.8 Å². The van der Waals surface area contributed by atoms with Crippen LogP contribution in [0.3, 0.4) is 0 Å². The Hall–Kier alpha value is -2.57. The lowest BCUT2D eigenvalue weighted by Gasteiger charge is -2.32. The summed E-state index contributed by atoms with van der Waals surface area (Å²) in [5.74, 6) is 0.659. The van der Waals surface area contributed by atoms with Gasteiger partial charge in [-0.1, -0.05) is 55.5 Å². The lowest BCUT2D eigenvalue weighted by Crippen LogP contribution is -3.13. The maximum Gasteiger partial charge on any atom is 0.286 e. The molecule has 30 heavy (non-hydrogen) atoms. The van der Waals surface area contributed by atoms with E-state index in [2.05, 4.69) is 47.1 Å². The summed E-state index contributed by atoms with van der Waals surface area (Å²) in [6.07, 6.45) is 2.86. The van der Waals surface area contributed by atoms with Crippen molar-refractivity contribution < 1.29 is 14.4 Å². The van der Waals surface area contributed by atoms with Crippen molar-refractivity contribution >= 4 is 28.9 Å². The van der Waals surface area contributed by atoms with Crippen LogP contribution < -0.4 is 9.64 Å². The second-order valence-electron chi connectivity index (χ2n) is 7.60. The number of nitrogens with zero attached hydrogens (tertiary/aromatic N) is 2. The molecule has 6 heteroatoms. The number of amidine groups is 1. The van der Waals surface area contributed by atoms with Crippen molar-refractivity contribution in [2.75, 3.05) is 32.8 Å². The number of thioether (sulfide) groups is 1. The maximum absolute atomic E-state index is 12.5. The van der Waals surface area contributed by atoms with Gasteiger partial charge in [-0.15, -0.1) is 0 Å². The molecule has 2 aromatic carbocycles. The molecule has 4 rings (SSSR count). The van der Waals surface area contributed by atoms with Crippen LogP contribution in [0.2, 0.25) is 0 Å². The fraction of sp³-hybridized carbons (Fsp3) is 0.333.